The number of thiophene rings is 1. The molecule has 0 aliphatic rings. The second kappa shape index (κ2) is 12.6. The quantitative estimate of drug-likeness (QED) is 0.176. The van der Waals surface area contributed by atoms with Crippen LogP contribution in [0.4, 0.5) is 0 Å². The molecular weight excluding hydrogens is 717 g/mol. The molecule has 0 fully saturated rings. The lowest BCUT2D eigenvalue weighted by Gasteiger charge is -2.11. The molecule has 4 heterocycles. The van der Waals surface area contributed by atoms with Gasteiger partial charge in [-0.2, -0.15) is 0 Å². The summed E-state index contributed by atoms with van der Waals surface area (Å²) < 4.78 is 11.7. The fraction of sp³-hybridized carbons (Fsp3) is 0. The van der Waals surface area contributed by atoms with E-state index in [1.165, 1.54) is 36.5 Å². The van der Waals surface area contributed by atoms with Crippen molar-refractivity contribution in [3.8, 4) is 51.0 Å². The summed E-state index contributed by atoms with van der Waals surface area (Å²) in [6.45, 7) is 0. The second-order valence-electron chi connectivity index (χ2n) is 14.4. The normalized spacial score (nSPS) is 11.9. The zero-order valence-electron chi connectivity index (χ0n) is 30.4. The smallest absolute Gasteiger partial charge is 0.164 e. The zero-order valence-corrected chi connectivity index (χ0v) is 31.2. The molecule has 0 unspecified atom stereocenters. The molecule has 0 amide bonds. The molecule has 0 bridgehead atoms. The number of hydrogen-bond acceptors (Lipinski definition) is 5. The standard InChI is InChI=1S/C51H30N4OS/c1-3-13-31(14-4-1)49-52-50(33-24-28-46-41(30-33)37-18-9-12-22-45(37)57-46)54-51(53-49)39-26-25-35(48-47(39)38-19-8-11-21-44(38)56-48)32-23-27-43-40(29-32)36-17-7-10-20-42(36)55(43)34-15-5-2-6-16-34/h1-30H. The molecule has 0 saturated heterocycles. The molecule has 0 atom stereocenters. The molecule has 0 aliphatic heterocycles. The summed E-state index contributed by atoms with van der Waals surface area (Å²) in [6, 6.07) is 63.7. The number of rotatable bonds is 5. The molecule has 0 spiro atoms. The van der Waals surface area contributed by atoms with E-state index in [1.807, 2.05) is 30.3 Å². The molecule has 4 aromatic heterocycles. The van der Waals surface area contributed by atoms with E-state index in [9.17, 15) is 0 Å². The molecule has 0 N–H and O–H groups in total. The number of nitrogens with zero attached hydrogens (tertiary/aromatic N) is 4. The predicted molar refractivity (Wildman–Crippen MR) is 236 cm³/mol. The maximum Gasteiger partial charge on any atom is 0.164 e. The highest BCUT2D eigenvalue weighted by Crippen LogP contribution is 2.43. The zero-order chi connectivity index (χ0) is 37.5. The van der Waals surface area contributed by atoms with Gasteiger partial charge in [0.15, 0.2) is 17.5 Å². The maximum atomic E-state index is 6.81. The van der Waals surface area contributed by atoms with E-state index in [0.29, 0.717) is 17.5 Å². The molecule has 0 aliphatic carbocycles. The lowest BCUT2D eigenvalue weighted by Crippen LogP contribution is -2.00. The molecule has 5 nitrogen and oxygen atoms in total. The van der Waals surface area contributed by atoms with E-state index >= 15 is 0 Å². The van der Waals surface area contributed by atoms with Crippen molar-refractivity contribution in [1.29, 1.82) is 0 Å². The first-order chi connectivity index (χ1) is 28.2. The summed E-state index contributed by atoms with van der Waals surface area (Å²) in [6.07, 6.45) is 0. The van der Waals surface area contributed by atoms with E-state index in [1.54, 1.807) is 11.3 Å². The van der Waals surface area contributed by atoms with E-state index in [4.69, 9.17) is 19.4 Å². The molecule has 266 valence electrons. The van der Waals surface area contributed by atoms with Crippen molar-refractivity contribution in [2.45, 2.75) is 0 Å². The molecule has 8 aromatic carbocycles. The van der Waals surface area contributed by atoms with Gasteiger partial charge >= 0.3 is 0 Å². The van der Waals surface area contributed by atoms with Gasteiger partial charge in [-0.3, -0.25) is 0 Å². The minimum absolute atomic E-state index is 0.596. The third-order valence-corrected chi connectivity index (χ3v) is 12.2. The van der Waals surface area contributed by atoms with Gasteiger partial charge in [-0.1, -0.05) is 109 Å². The van der Waals surface area contributed by atoms with Gasteiger partial charge in [-0.05, 0) is 78.4 Å². The molecule has 6 heteroatoms. The number of hydrogen-bond donors (Lipinski definition) is 0. The van der Waals surface area contributed by atoms with Crippen molar-refractivity contribution in [2.75, 3.05) is 0 Å². The highest BCUT2D eigenvalue weighted by atomic mass is 32.1. The van der Waals surface area contributed by atoms with E-state index < -0.39 is 0 Å². The van der Waals surface area contributed by atoms with Crippen molar-refractivity contribution in [3.63, 3.8) is 0 Å². The molecule has 57 heavy (non-hydrogen) atoms. The number of benzene rings is 8. The monoisotopic (exact) mass is 746 g/mol. The van der Waals surface area contributed by atoms with Gasteiger partial charge < -0.3 is 8.98 Å². The average Bonchev–Trinajstić information content (AvgIpc) is 3.96. The van der Waals surface area contributed by atoms with Crippen LogP contribution in [-0.2, 0) is 0 Å². The van der Waals surface area contributed by atoms with Crippen LogP contribution in [-0.4, -0.2) is 19.5 Å². The first-order valence-corrected chi connectivity index (χ1v) is 19.8. The van der Waals surface area contributed by atoms with E-state index in [-0.39, 0.29) is 0 Å². The summed E-state index contributed by atoms with van der Waals surface area (Å²) in [5.74, 6) is 1.84. The van der Waals surface area contributed by atoms with Crippen LogP contribution in [0.1, 0.15) is 0 Å². The van der Waals surface area contributed by atoms with Crippen LogP contribution in [0.25, 0.3) is 115 Å². The fourth-order valence-electron chi connectivity index (χ4n) is 8.44. The van der Waals surface area contributed by atoms with Crippen molar-refractivity contribution in [1.82, 2.24) is 19.5 Å². The number of furan rings is 1. The molecular formula is C51H30N4OS. The van der Waals surface area contributed by atoms with Gasteiger partial charge in [-0.15, -0.1) is 11.3 Å². The Morgan fingerprint density at radius 2 is 1.02 bits per heavy atom. The van der Waals surface area contributed by atoms with Gasteiger partial charge in [0.1, 0.15) is 11.2 Å². The molecule has 0 radical (unpaired) electrons. The highest BCUT2D eigenvalue weighted by Gasteiger charge is 2.22. The van der Waals surface area contributed by atoms with Crippen molar-refractivity contribution in [2.24, 2.45) is 0 Å². The lowest BCUT2D eigenvalue weighted by atomic mass is 9.97. The number of fused-ring (bicyclic) bond motifs is 9. The Morgan fingerprint density at radius 3 is 1.88 bits per heavy atom. The van der Waals surface area contributed by atoms with Gasteiger partial charge in [-0.25, -0.2) is 15.0 Å². The van der Waals surface area contributed by atoms with Crippen LogP contribution in [0.2, 0.25) is 0 Å². The van der Waals surface area contributed by atoms with Crippen molar-refractivity contribution < 1.29 is 4.42 Å². The summed E-state index contributed by atoms with van der Waals surface area (Å²) in [4.78, 5) is 15.5. The van der Waals surface area contributed by atoms with E-state index in [0.717, 1.165) is 61.0 Å². The topological polar surface area (TPSA) is 56.7 Å². The van der Waals surface area contributed by atoms with Crippen LogP contribution in [0, 0.1) is 0 Å². The minimum atomic E-state index is 0.596. The SMILES string of the molecule is c1ccc(-c2nc(-c3ccc4sc5ccccc5c4c3)nc(-c3ccc(-c4ccc5c(c4)c4ccccc4n5-c4ccccc4)c4oc5ccccc5c34)n2)cc1. The van der Waals surface area contributed by atoms with Gasteiger partial charge in [0, 0.05) is 69.7 Å². The largest absolute Gasteiger partial charge is 0.455 e. The van der Waals surface area contributed by atoms with Gasteiger partial charge in [0.25, 0.3) is 0 Å². The summed E-state index contributed by atoms with van der Waals surface area (Å²) in [7, 11) is 0. The third-order valence-electron chi connectivity index (χ3n) is 11.1. The Hall–Kier alpha value is -7.41. The second-order valence-corrected chi connectivity index (χ2v) is 15.4. The highest BCUT2D eigenvalue weighted by molar-refractivity contribution is 7.25. The first-order valence-electron chi connectivity index (χ1n) is 19.0. The summed E-state index contributed by atoms with van der Waals surface area (Å²) in [5.41, 5.74) is 9.93. The molecule has 12 aromatic rings. The number of para-hydroxylation sites is 3. The first kappa shape index (κ1) is 31.9. The Labute approximate surface area is 330 Å². The Balaban J connectivity index is 1.08. The van der Waals surface area contributed by atoms with Crippen LogP contribution in [0.3, 0.4) is 0 Å². The lowest BCUT2D eigenvalue weighted by molar-refractivity contribution is 0.670. The molecule has 0 saturated carbocycles. The Kier molecular flexibility index (Phi) is 7.03. The van der Waals surface area contributed by atoms with Gasteiger partial charge in [0.2, 0.25) is 0 Å². The van der Waals surface area contributed by atoms with Gasteiger partial charge in [0.05, 0.1) is 11.0 Å². The predicted octanol–water partition coefficient (Wildman–Crippen LogP) is 13.9. The number of aromatic nitrogens is 4. The maximum absolute atomic E-state index is 6.81. The average molecular weight is 747 g/mol. The summed E-state index contributed by atoms with van der Waals surface area (Å²) in [5, 5.41) is 6.82. The van der Waals surface area contributed by atoms with Crippen molar-refractivity contribution >= 4 is 75.3 Å². The third kappa shape index (κ3) is 5.04. The minimum Gasteiger partial charge on any atom is -0.455 e. The Morgan fingerprint density at radius 1 is 0.404 bits per heavy atom. The van der Waals surface area contributed by atoms with Crippen LogP contribution in [0.15, 0.2) is 186 Å². The van der Waals surface area contributed by atoms with Crippen LogP contribution < -0.4 is 0 Å². The van der Waals surface area contributed by atoms with Crippen molar-refractivity contribution in [3.05, 3.63) is 182 Å². The summed E-state index contributed by atoms with van der Waals surface area (Å²) >= 11 is 1.80. The fourth-order valence-corrected chi connectivity index (χ4v) is 9.53. The Bertz CT molecular complexity index is 3530. The van der Waals surface area contributed by atoms with Crippen LogP contribution in [0.5, 0.6) is 0 Å². The van der Waals surface area contributed by atoms with Crippen LogP contribution >= 0.6 is 11.3 Å². The molecule has 12 rings (SSSR count). The van der Waals surface area contributed by atoms with E-state index in [2.05, 4.69) is 156 Å².